The Morgan fingerprint density at radius 3 is 1.81 bits per heavy atom. The van der Waals surface area contributed by atoms with Gasteiger partial charge >= 0.3 is 0 Å². The zero-order valence-corrected chi connectivity index (χ0v) is 32.1. The molecular formula is C55H36N4. The Morgan fingerprint density at radius 1 is 0.458 bits per heavy atom. The van der Waals surface area contributed by atoms with Gasteiger partial charge in [0, 0.05) is 55.1 Å². The smallest absolute Gasteiger partial charge is 0.137 e. The lowest BCUT2D eigenvalue weighted by atomic mass is 9.80. The fourth-order valence-corrected chi connectivity index (χ4v) is 10.9. The number of aromatic nitrogens is 2. The van der Waals surface area contributed by atoms with Gasteiger partial charge in [-0.05, 0) is 87.0 Å². The Labute approximate surface area is 339 Å². The first-order valence-corrected chi connectivity index (χ1v) is 20.5. The molecule has 59 heavy (non-hydrogen) atoms. The van der Waals surface area contributed by atoms with E-state index in [1.807, 2.05) is 18.2 Å². The summed E-state index contributed by atoms with van der Waals surface area (Å²) in [5, 5.41) is 32.7. The van der Waals surface area contributed by atoms with E-state index in [4.69, 9.17) is 0 Å². The first kappa shape index (κ1) is 32.5. The van der Waals surface area contributed by atoms with Gasteiger partial charge in [0.05, 0.1) is 27.6 Å². The second kappa shape index (κ2) is 12.0. The highest BCUT2D eigenvalue weighted by Crippen LogP contribution is 2.51. The third-order valence-electron chi connectivity index (χ3n) is 13.4. The van der Waals surface area contributed by atoms with Gasteiger partial charge in [-0.2, -0.15) is 0 Å². The van der Waals surface area contributed by atoms with Crippen LogP contribution in [0.15, 0.2) is 176 Å². The van der Waals surface area contributed by atoms with E-state index in [1.54, 1.807) is 0 Å². The first-order chi connectivity index (χ1) is 29.2. The van der Waals surface area contributed by atoms with Crippen LogP contribution in [0.3, 0.4) is 0 Å². The van der Waals surface area contributed by atoms with Crippen molar-refractivity contribution in [2.24, 2.45) is 0 Å². The summed E-state index contributed by atoms with van der Waals surface area (Å²) in [5.41, 5.74) is 12.8. The third kappa shape index (κ3) is 4.32. The van der Waals surface area contributed by atoms with Gasteiger partial charge in [-0.3, -0.25) is 9.98 Å². The standard InChI is InChI=1S/C55H36N4/c56-53(39-18-5-6-19-40(39)55(57)59-48-24-12-8-20-41(48)50-35-16-4-2-14-33(35)26-30-49(50)59)43-29-28-36-34-15-3-1-13-32(34)25-27-37(36)44-31-45-38-17-7-10-22-46(38)58-47-23-11-9-21-42(47)52(51(43)44)54(45)58/h1-27,30-31,43,56-57H,28-29H2. The molecule has 1 aliphatic carbocycles. The Balaban J connectivity index is 1.08. The van der Waals surface area contributed by atoms with Gasteiger partial charge in [0.15, 0.2) is 0 Å². The molecule has 4 heteroatoms. The number of nitrogens with one attached hydrogen (secondary N) is 2. The van der Waals surface area contributed by atoms with Gasteiger partial charge in [-0.25, -0.2) is 0 Å². The van der Waals surface area contributed by atoms with E-state index in [9.17, 15) is 10.8 Å². The van der Waals surface area contributed by atoms with Crippen molar-refractivity contribution in [3.8, 4) is 11.1 Å². The first-order valence-electron chi connectivity index (χ1n) is 20.5. The van der Waals surface area contributed by atoms with Crippen LogP contribution in [-0.2, 0) is 6.42 Å². The second-order valence-corrected chi connectivity index (χ2v) is 16.2. The topological polar surface area (TPSA) is 57.0 Å². The number of aryl methyl sites for hydroxylation is 1. The van der Waals surface area contributed by atoms with Crippen molar-refractivity contribution in [3.63, 3.8) is 0 Å². The Morgan fingerprint density at radius 2 is 1.03 bits per heavy atom. The Bertz CT molecular complexity index is 3790. The minimum absolute atomic E-state index is 0.232. The van der Waals surface area contributed by atoms with Crippen molar-refractivity contribution in [3.05, 3.63) is 198 Å². The SMILES string of the molecule is N=C(c1ccccc1C(=N)n1c2ccccc2c2c3ccccc3ccc21)C1CCc2c(ccc3ccccc23)-c2cc3c4ccccc4n4c5ccccc5c(c21)c34. The highest BCUT2D eigenvalue weighted by atomic mass is 15.0. The van der Waals surface area contributed by atoms with Gasteiger partial charge in [0.25, 0.3) is 0 Å². The van der Waals surface area contributed by atoms with Crippen LogP contribution in [0.5, 0.6) is 0 Å². The molecule has 3 heterocycles. The van der Waals surface area contributed by atoms with Crippen LogP contribution in [0.4, 0.5) is 0 Å². The molecule has 4 nitrogen and oxygen atoms in total. The lowest BCUT2D eigenvalue weighted by Gasteiger charge is -2.23. The van der Waals surface area contributed by atoms with Crippen LogP contribution in [0.25, 0.3) is 92.6 Å². The molecule has 0 bridgehead atoms. The van der Waals surface area contributed by atoms with Gasteiger partial charge in [-0.15, -0.1) is 0 Å². The van der Waals surface area contributed by atoms with E-state index < -0.39 is 0 Å². The lowest BCUT2D eigenvalue weighted by Crippen LogP contribution is -2.20. The van der Waals surface area contributed by atoms with Crippen LogP contribution < -0.4 is 0 Å². The minimum Gasteiger partial charge on any atom is -0.308 e. The number of hydrogen-bond acceptors (Lipinski definition) is 2. The third-order valence-corrected chi connectivity index (χ3v) is 13.4. The summed E-state index contributed by atoms with van der Waals surface area (Å²) in [6.07, 6.45) is 1.61. The molecule has 9 aromatic carbocycles. The van der Waals surface area contributed by atoms with Crippen molar-refractivity contribution in [2.45, 2.75) is 18.8 Å². The number of para-hydroxylation sites is 3. The zero-order chi connectivity index (χ0) is 38.9. The van der Waals surface area contributed by atoms with Crippen LogP contribution in [0.1, 0.15) is 34.6 Å². The fourth-order valence-electron chi connectivity index (χ4n) is 10.9. The number of hydrogen-bond donors (Lipinski definition) is 2. The predicted molar refractivity (Wildman–Crippen MR) is 248 cm³/mol. The molecule has 1 unspecified atom stereocenters. The molecule has 2 N–H and O–H groups in total. The molecule has 0 spiro atoms. The van der Waals surface area contributed by atoms with Crippen molar-refractivity contribution in [1.29, 1.82) is 10.8 Å². The Hall–Kier alpha value is -7.56. The summed E-state index contributed by atoms with van der Waals surface area (Å²) in [6.45, 7) is 0. The molecule has 0 amide bonds. The van der Waals surface area contributed by atoms with Crippen molar-refractivity contribution in [2.75, 3.05) is 0 Å². The molecule has 12 aromatic rings. The minimum atomic E-state index is -0.232. The Kier molecular flexibility index (Phi) is 6.60. The van der Waals surface area contributed by atoms with Gasteiger partial charge < -0.3 is 9.81 Å². The van der Waals surface area contributed by atoms with Crippen molar-refractivity contribution in [1.82, 2.24) is 8.97 Å². The van der Waals surface area contributed by atoms with Gasteiger partial charge in [0.1, 0.15) is 5.84 Å². The molecule has 0 saturated carbocycles. The van der Waals surface area contributed by atoms with E-state index >= 15 is 0 Å². The molecule has 276 valence electrons. The summed E-state index contributed by atoms with van der Waals surface area (Å²) < 4.78 is 4.56. The number of benzene rings is 9. The maximum absolute atomic E-state index is 10.5. The van der Waals surface area contributed by atoms with Crippen molar-refractivity contribution >= 4 is 93.0 Å². The van der Waals surface area contributed by atoms with Crippen LogP contribution >= 0.6 is 0 Å². The summed E-state index contributed by atoms with van der Waals surface area (Å²) in [7, 11) is 0. The molecule has 0 radical (unpaired) electrons. The molecule has 1 atom stereocenters. The molecular weight excluding hydrogens is 717 g/mol. The molecule has 3 aromatic heterocycles. The van der Waals surface area contributed by atoms with E-state index in [-0.39, 0.29) is 5.92 Å². The number of rotatable bonds is 3. The van der Waals surface area contributed by atoms with E-state index in [2.05, 4.69) is 167 Å². The summed E-state index contributed by atoms with van der Waals surface area (Å²) >= 11 is 0. The quantitative estimate of drug-likeness (QED) is 0.133. The zero-order valence-electron chi connectivity index (χ0n) is 32.1. The maximum Gasteiger partial charge on any atom is 0.137 e. The summed E-state index contributed by atoms with van der Waals surface area (Å²) in [5.74, 6) is 0.143. The molecule has 0 aliphatic heterocycles. The van der Waals surface area contributed by atoms with Crippen LogP contribution in [0, 0.1) is 10.8 Å². The predicted octanol–water partition coefficient (Wildman–Crippen LogP) is 13.9. The fraction of sp³-hybridized carbons (Fsp3) is 0.0545. The summed E-state index contributed by atoms with van der Waals surface area (Å²) in [4.78, 5) is 0. The summed E-state index contributed by atoms with van der Waals surface area (Å²) in [6, 6.07) is 62.9. The van der Waals surface area contributed by atoms with E-state index in [0.29, 0.717) is 11.5 Å². The number of fused-ring (bicyclic) bond motifs is 17. The van der Waals surface area contributed by atoms with Gasteiger partial charge in [-0.1, -0.05) is 146 Å². The molecule has 0 fully saturated rings. The number of nitrogens with zero attached hydrogens (tertiary/aromatic N) is 2. The van der Waals surface area contributed by atoms with E-state index in [0.717, 1.165) is 45.8 Å². The average Bonchev–Trinajstić information content (AvgIpc) is 3.89. The maximum atomic E-state index is 10.5. The molecule has 1 aliphatic rings. The van der Waals surface area contributed by atoms with E-state index in [1.165, 1.54) is 81.9 Å². The molecule has 0 saturated heterocycles. The lowest BCUT2D eigenvalue weighted by molar-refractivity contribution is 0.782. The highest BCUT2D eigenvalue weighted by molar-refractivity contribution is 6.29. The molecule has 13 rings (SSSR count). The van der Waals surface area contributed by atoms with Crippen molar-refractivity contribution < 1.29 is 0 Å². The normalized spacial score (nSPS) is 14.3. The monoisotopic (exact) mass is 752 g/mol. The average molecular weight is 753 g/mol. The van der Waals surface area contributed by atoms with Crippen LogP contribution in [0.2, 0.25) is 0 Å². The van der Waals surface area contributed by atoms with Gasteiger partial charge in [0.2, 0.25) is 0 Å². The highest BCUT2D eigenvalue weighted by Gasteiger charge is 2.34. The second-order valence-electron chi connectivity index (χ2n) is 16.2. The largest absolute Gasteiger partial charge is 0.308 e. The van der Waals surface area contributed by atoms with Crippen LogP contribution in [-0.4, -0.2) is 20.5 Å².